The molecule has 0 spiro atoms. The highest BCUT2D eigenvalue weighted by Crippen LogP contribution is 2.15. The number of rotatable bonds is 5. The zero-order valence-electron chi connectivity index (χ0n) is 12.6. The fraction of sp³-hybridized carbons (Fsp3) is 0.278. The van der Waals surface area contributed by atoms with Gasteiger partial charge in [0.15, 0.2) is 0 Å². The van der Waals surface area contributed by atoms with E-state index in [1.165, 1.54) is 18.5 Å². The lowest BCUT2D eigenvalue weighted by molar-refractivity contribution is 0.302. The van der Waals surface area contributed by atoms with Crippen molar-refractivity contribution < 1.29 is 0 Å². The van der Waals surface area contributed by atoms with Gasteiger partial charge in [-0.2, -0.15) is 0 Å². The number of hydrogen-bond acceptors (Lipinski definition) is 3. The summed E-state index contributed by atoms with van der Waals surface area (Å²) in [6.07, 6.45) is 6.77. The van der Waals surface area contributed by atoms with Gasteiger partial charge in [0, 0.05) is 25.3 Å². The molecular weight excluding hydrogens is 290 g/mol. The van der Waals surface area contributed by atoms with Crippen molar-refractivity contribution in [2.75, 3.05) is 25.0 Å². The van der Waals surface area contributed by atoms with Crippen LogP contribution < -0.4 is 5.32 Å². The molecule has 2 aromatic rings. The van der Waals surface area contributed by atoms with Gasteiger partial charge >= 0.3 is 0 Å². The lowest BCUT2D eigenvalue weighted by atomic mass is 10.1. The molecule has 1 aromatic carbocycles. The molecule has 1 aliphatic heterocycles. The predicted molar refractivity (Wildman–Crippen MR) is 95.1 cm³/mol. The molecule has 4 heteroatoms. The average molecular weight is 311 g/mol. The van der Waals surface area contributed by atoms with Crippen molar-refractivity contribution in [3.8, 4) is 0 Å². The van der Waals surface area contributed by atoms with Crippen LogP contribution in [0.25, 0.3) is 0 Å². The largest absolute Gasteiger partial charge is 0.340 e. The predicted octanol–water partition coefficient (Wildman–Crippen LogP) is 3.99. The first-order valence-electron chi connectivity index (χ1n) is 7.67. The minimum absolute atomic E-state index is 0.461. The summed E-state index contributed by atoms with van der Waals surface area (Å²) in [4.78, 5) is 3.45. The van der Waals surface area contributed by atoms with Gasteiger partial charge in [-0.1, -0.05) is 30.4 Å². The quantitative estimate of drug-likeness (QED) is 0.498. The van der Waals surface area contributed by atoms with Crippen molar-refractivity contribution in [1.29, 1.82) is 5.41 Å². The van der Waals surface area contributed by atoms with Crippen molar-refractivity contribution in [2.45, 2.75) is 12.8 Å². The number of nitrogens with one attached hydrogen (secondary N) is 2. The Morgan fingerprint density at radius 2 is 2.05 bits per heavy atom. The van der Waals surface area contributed by atoms with Gasteiger partial charge in [-0.25, -0.2) is 0 Å². The highest BCUT2D eigenvalue weighted by molar-refractivity contribution is 7.12. The Labute approximate surface area is 135 Å². The number of amidine groups is 1. The molecule has 22 heavy (non-hydrogen) atoms. The van der Waals surface area contributed by atoms with Gasteiger partial charge in [0.05, 0.1) is 4.88 Å². The second-order valence-corrected chi connectivity index (χ2v) is 6.43. The third kappa shape index (κ3) is 4.06. The summed E-state index contributed by atoms with van der Waals surface area (Å²) in [5, 5.41) is 13.2. The molecule has 114 valence electrons. The third-order valence-corrected chi connectivity index (χ3v) is 4.74. The van der Waals surface area contributed by atoms with E-state index in [1.54, 1.807) is 11.3 Å². The van der Waals surface area contributed by atoms with Crippen LogP contribution in [0.4, 0.5) is 5.69 Å². The highest BCUT2D eigenvalue weighted by Gasteiger charge is 2.06. The number of benzene rings is 1. The van der Waals surface area contributed by atoms with Crippen molar-refractivity contribution in [2.24, 2.45) is 0 Å². The van der Waals surface area contributed by atoms with Crippen LogP contribution in [0.3, 0.4) is 0 Å². The molecule has 0 radical (unpaired) electrons. The maximum absolute atomic E-state index is 8.04. The Kier molecular flexibility index (Phi) is 5.03. The molecule has 1 aromatic heterocycles. The van der Waals surface area contributed by atoms with Crippen LogP contribution in [0.15, 0.2) is 53.9 Å². The summed E-state index contributed by atoms with van der Waals surface area (Å²) in [5.41, 5.74) is 2.32. The lowest BCUT2D eigenvalue weighted by Crippen LogP contribution is -2.29. The fourth-order valence-corrected chi connectivity index (χ4v) is 3.19. The summed E-state index contributed by atoms with van der Waals surface area (Å²) in [5.74, 6) is 0.461. The number of hydrogen-bond donors (Lipinski definition) is 2. The van der Waals surface area contributed by atoms with Gasteiger partial charge in [-0.15, -0.1) is 11.3 Å². The Bertz CT molecular complexity index is 629. The molecule has 1 aliphatic rings. The maximum atomic E-state index is 8.04. The molecule has 2 N–H and O–H groups in total. The third-order valence-electron chi connectivity index (χ3n) is 3.85. The molecule has 0 fully saturated rings. The molecule has 3 nitrogen and oxygen atoms in total. The van der Waals surface area contributed by atoms with Gasteiger partial charge in [0.2, 0.25) is 0 Å². The van der Waals surface area contributed by atoms with E-state index < -0.39 is 0 Å². The van der Waals surface area contributed by atoms with Crippen LogP contribution in [0.5, 0.6) is 0 Å². The normalized spacial score (nSPS) is 14.9. The first-order valence-corrected chi connectivity index (χ1v) is 8.55. The molecule has 0 atom stereocenters. The zero-order chi connectivity index (χ0) is 15.2. The minimum atomic E-state index is 0.461. The van der Waals surface area contributed by atoms with Gasteiger partial charge in [0.25, 0.3) is 0 Å². The molecule has 0 saturated carbocycles. The van der Waals surface area contributed by atoms with E-state index in [0.717, 1.165) is 30.1 Å². The van der Waals surface area contributed by atoms with Crippen LogP contribution >= 0.6 is 11.3 Å². The number of anilines is 1. The molecule has 0 saturated heterocycles. The molecule has 3 rings (SSSR count). The fourth-order valence-electron chi connectivity index (χ4n) is 2.56. The molecule has 0 aliphatic carbocycles. The van der Waals surface area contributed by atoms with E-state index in [4.69, 9.17) is 5.41 Å². The van der Waals surface area contributed by atoms with Crippen molar-refractivity contribution in [1.82, 2.24) is 4.90 Å². The van der Waals surface area contributed by atoms with Gasteiger partial charge in [0.1, 0.15) is 5.84 Å². The molecule has 0 unspecified atom stereocenters. The second kappa shape index (κ2) is 7.38. The van der Waals surface area contributed by atoms with E-state index in [9.17, 15) is 0 Å². The zero-order valence-corrected chi connectivity index (χ0v) is 13.4. The molecule has 0 bridgehead atoms. The minimum Gasteiger partial charge on any atom is -0.340 e. The van der Waals surface area contributed by atoms with Crippen LogP contribution in [0, 0.1) is 5.41 Å². The molecular formula is C18H21N3S. The van der Waals surface area contributed by atoms with Gasteiger partial charge in [-0.3, -0.25) is 10.3 Å². The van der Waals surface area contributed by atoms with E-state index in [-0.39, 0.29) is 0 Å². The first-order chi connectivity index (χ1) is 10.8. The summed E-state index contributed by atoms with van der Waals surface area (Å²) in [6, 6.07) is 12.4. The van der Waals surface area contributed by atoms with Crippen LogP contribution in [-0.4, -0.2) is 30.4 Å². The van der Waals surface area contributed by atoms with E-state index in [0.29, 0.717) is 5.84 Å². The smallest absolute Gasteiger partial charge is 0.140 e. The Hall–Kier alpha value is -1.91. The topological polar surface area (TPSA) is 39.1 Å². The summed E-state index contributed by atoms with van der Waals surface area (Å²) < 4.78 is 0. The van der Waals surface area contributed by atoms with Gasteiger partial charge in [-0.05, 0) is 42.0 Å². The van der Waals surface area contributed by atoms with Crippen LogP contribution in [-0.2, 0) is 6.42 Å². The molecule has 0 amide bonds. The van der Waals surface area contributed by atoms with E-state index in [2.05, 4.69) is 46.6 Å². The number of nitrogens with zero attached hydrogens (tertiary/aromatic N) is 1. The van der Waals surface area contributed by atoms with Crippen molar-refractivity contribution >= 4 is 22.9 Å². The number of thiophene rings is 1. The summed E-state index contributed by atoms with van der Waals surface area (Å²) in [6.45, 7) is 3.37. The standard InChI is InChI=1S/C18H21N3S/c19-18(17-5-4-14-22-17)20-16-8-6-15(7-9-16)10-13-21-11-2-1-3-12-21/h1-2,4-9,14H,3,10-13H2,(H2,19,20). The Balaban J connectivity index is 1.51. The van der Waals surface area contributed by atoms with Crippen LogP contribution in [0.2, 0.25) is 0 Å². The second-order valence-electron chi connectivity index (χ2n) is 5.48. The van der Waals surface area contributed by atoms with Gasteiger partial charge < -0.3 is 5.32 Å². The van der Waals surface area contributed by atoms with Crippen molar-refractivity contribution in [3.63, 3.8) is 0 Å². The monoisotopic (exact) mass is 311 g/mol. The average Bonchev–Trinajstić information content (AvgIpc) is 3.10. The Morgan fingerprint density at radius 3 is 2.73 bits per heavy atom. The molecule has 2 heterocycles. The van der Waals surface area contributed by atoms with E-state index >= 15 is 0 Å². The highest BCUT2D eigenvalue weighted by atomic mass is 32.1. The Morgan fingerprint density at radius 1 is 1.18 bits per heavy atom. The SMILES string of the molecule is N=C(Nc1ccc(CCN2CC=CCC2)cc1)c1cccs1. The summed E-state index contributed by atoms with van der Waals surface area (Å²) >= 11 is 1.58. The van der Waals surface area contributed by atoms with E-state index in [1.807, 2.05) is 17.5 Å². The van der Waals surface area contributed by atoms with Crippen LogP contribution in [0.1, 0.15) is 16.9 Å². The maximum Gasteiger partial charge on any atom is 0.140 e. The van der Waals surface area contributed by atoms with Crippen molar-refractivity contribution in [3.05, 3.63) is 64.4 Å². The first kappa shape index (κ1) is 15.0. The lowest BCUT2D eigenvalue weighted by Gasteiger charge is -2.22. The summed E-state index contributed by atoms with van der Waals surface area (Å²) in [7, 11) is 0.